The Morgan fingerprint density at radius 3 is 2.60 bits per heavy atom. The van der Waals surface area contributed by atoms with Crippen molar-refractivity contribution in [2.45, 2.75) is 18.2 Å². The van der Waals surface area contributed by atoms with Crippen LogP contribution in [0.1, 0.15) is 12.0 Å². The summed E-state index contributed by atoms with van der Waals surface area (Å²) < 4.78 is 28.1. The standard InChI is InChI=1S/C10H13ClO3S/c1-9-5-2-3-6-10(9)15(12,13)14-8-4-7-11/h2-3,5-6H,4,7-8H2,1H3. The fraction of sp³-hybridized carbons (Fsp3) is 0.400. The molecule has 1 rings (SSSR count). The summed E-state index contributed by atoms with van der Waals surface area (Å²) in [6.45, 7) is 1.86. The van der Waals surface area contributed by atoms with Gasteiger partial charge in [-0.1, -0.05) is 18.2 Å². The van der Waals surface area contributed by atoms with Crippen molar-refractivity contribution in [3.63, 3.8) is 0 Å². The molecule has 0 radical (unpaired) electrons. The third kappa shape index (κ3) is 3.48. The van der Waals surface area contributed by atoms with Gasteiger partial charge in [0, 0.05) is 5.88 Å². The molecule has 0 aliphatic carbocycles. The molecule has 0 unspecified atom stereocenters. The first kappa shape index (κ1) is 12.5. The van der Waals surface area contributed by atoms with Crippen LogP contribution in [0.2, 0.25) is 0 Å². The van der Waals surface area contributed by atoms with E-state index in [1.165, 1.54) is 6.07 Å². The van der Waals surface area contributed by atoms with Gasteiger partial charge in [0.15, 0.2) is 0 Å². The van der Waals surface area contributed by atoms with Crippen LogP contribution in [-0.2, 0) is 14.3 Å². The van der Waals surface area contributed by atoms with E-state index < -0.39 is 10.1 Å². The third-order valence-corrected chi connectivity index (χ3v) is 3.62. The van der Waals surface area contributed by atoms with Crippen LogP contribution >= 0.6 is 11.6 Å². The Labute approximate surface area is 95.1 Å². The SMILES string of the molecule is Cc1ccccc1S(=O)(=O)OCCCCl. The number of rotatable bonds is 5. The van der Waals surface area contributed by atoms with Gasteiger partial charge in [-0.25, -0.2) is 0 Å². The number of hydrogen-bond acceptors (Lipinski definition) is 3. The predicted molar refractivity (Wildman–Crippen MR) is 59.7 cm³/mol. The highest BCUT2D eigenvalue weighted by molar-refractivity contribution is 7.86. The fourth-order valence-corrected chi connectivity index (χ4v) is 2.40. The summed E-state index contributed by atoms with van der Waals surface area (Å²) in [7, 11) is -3.62. The van der Waals surface area contributed by atoms with E-state index >= 15 is 0 Å². The Kier molecular flexibility index (Phi) is 4.57. The molecule has 84 valence electrons. The van der Waals surface area contributed by atoms with E-state index in [1.807, 2.05) is 0 Å². The summed E-state index contributed by atoms with van der Waals surface area (Å²) in [5.41, 5.74) is 0.684. The van der Waals surface area contributed by atoms with Gasteiger partial charge < -0.3 is 0 Å². The maximum Gasteiger partial charge on any atom is 0.297 e. The third-order valence-electron chi connectivity index (χ3n) is 1.88. The second-order valence-corrected chi connectivity index (χ2v) is 5.05. The van der Waals surface area contributed by atoms with Crippen LogP contribution in [0.25, 0.3) is 0 Å². The minimum absolute atomic E-state index is 0.125. The molecule has 1 aromatic rings. The largest absolute Gasteiger partial charge is 0.297 e. The van der Waals surface area contributed by atoms with Gasteiger partial charge in [-0.2, -0.15) is 8.42 Å². The maximum absolute atomic E-state index is 11.7. The molecule has 0 aliphatic rings. The minimum atomic E-state index is -3.62. The highest BCUT2D eigenvalue weighted by atomic mass is 35.5. The lowest BCUT2D eigenvalue weighted by molar-refractivity contribution is 0.318. The summed E-state index contributed by atoms with van der Waals surface area (Å²) in [5.74, 6) is 0.392. The van der Waals surface area contributed by atoms with Crippen molar-refractivity contribution in [1.29, 1.82) is 0 Å². The zero-order chi connectivity index (χ0) is 11.3. The maximum atomic E-state index is 11.7. The van der Waals surface area contributed by atoms with Crippen LogP contribution in [-0.4, -0.2) is 20.9 Å². The Morgan fingerprint density at radius 1 is 1.33 bits per heavy atom. The molecule has 0 aromatic heterocycles. The van der Waals surface area contributed by atoms with E-state index in [4.69, 9.17) is 15.8 Å². The average Bonchev–Trinajstić information content (AvgIpc) is 2.18. The van der Waals surface area contributed by atoms with Crippen molar-refractivity contribution in [3.8, 4) is 0 Å². The fourth-order valence-electron chi connectivity index (χ4n) is 1.12. The molecule has 0 N–H and O–H groups in total. The summed E-state index contributed by atoms with van der Waals surface area (Å²) in [5, 5.41) is 0. The van der Waals surface area contributed by atoms with Gasteiger partial charge in [-0.3, -0.25) is 4.18 Å². The molecular formula is C10H13ClO3S. The highest BCUT2D eigenvalue weighted by Gasteiger charge is 2.16. The van der Waals surface area contributed by atoms with Gasteiger partial charge in [0.25, 0.3) is 10.1 Å². The molecule has 15 heavy (non-hydrogen) atoms. The number of aryl methyl sites for hydroxylation is 1. The Hall–Kier alpha value is -0.580. The molecule has 0 bridgehead atoms. The Bertz CT molecular complexity index is 414. The summed E-state index contributed by atoms with van der Waals surface area (Å²) in [6, 6.07) is 6.72. The lowest BCUT2D eigenvalue weighted by atomic mass is 10.2. The second kappa shape index (κ2) is 5.49. The number of benzene rings is 1. The van der Waals surface area contributed by atoms with Gasteiger partial charge in [0.1, 0.15) is 0 Å². The lowest BCUT2D eigenvalue weighted by Crippen LogP contribution is -2.09. The Morgan fingerprint density at radius 2 is 2.00 bits per heavy atom. The van der Waals surface area contributed by atoms with Crippen molar-refractivity contribution in [1.82, 2.24) is 0 Å². The normalized spacial score (nSPS) is 11.6. The first-order valence-electron chi connectivity index (χ1n) is 4.59. The van der Waals surface area contributed by atoms with E-state index in [0.29, 0.717) is 17.9 Å². The number of alkyl halides is 1. The van der Waals surface area contributed by atoms with Crippen LogP contribution < -0.4 is 0 Å². The van der Waals surface area contributed by atoms with E-state index in [1.54, 1.807) is 25.1 Å². The molecule has 3 nitrogen and oxygen atoms in total. The number of hydrogen-bond donors (Lipinski definition) is 0. The monoisotopic (exact) mass is 248 g/mol. The van der Waals surface area contributed by atoms with Crippen LogP contribution in [0.5, 0.6) is 0 Å². The van der Waals surface area contributed by atoms with Crippen molar-refractivity contribution in [2.24, 2.45) is 0 Å². The highest BCUT2D eigenvalue weighted by Crippen LogP contribution is 2.16. The van der Waals surface area contributed by atoms with Gasteiger partial charge in [0.2, 0.25) is 0 Å². The van der Waals surface area contributed by atoms with Crippen molar-refractivity contribution in [3.05, 3.63) is 29.8 Å². The van der Waals surface area contributed by atoms with E-state index in [-0.39, 0.29) is 11.5 Å². The molecular weight excluding hydrogens is 236 g/mol. The van der Waals surface area contributed by atoms with Crippen LogP contribution in [0.3, 0.4) is 0 Å². The van der Waals surface area contributed by atoms with Gasteiger partial charge >= 0.3 is 0 Å². The summed E-state index contributed by atoms with van der Waals surface area (Å²) >= 11 is 5.43. The molecule has 1 aromatic carbocycles. The quantitative estimate of drug-likeness (QED) is 0.456. The van der Waals surface area contributed by atoms with Crippen LogP contribution in [0, 0.1) is 6.92 Å². The molecule has 0 heterocycles. The summed E-state index contributed by atoms with van der Waals surface area (Å²) in [6.07, 6.45) is 0.521. The van der Waals surface area contributed by atoms with Crippen molar-refractivity contribution < 1.29 is 12.6 Å². The van der Waals surface area contributed by atoms with Crippen molar-refractivity contribution in [2.75, 3.05) is 12.5 Å². The zero-order valence-corrected chi connectivity index (χ0v) is 10.0. The van der Waals surface area contributed by atoms with E-state index in [2.05, 4.69) is 0 Å². The van der Waals surface area contributed by atoms with Gasteiger partial charge in [0.05, 0.1) is 11.5 Å². The van der Waals surface area contributed by atoms with E-state index in [0.717, 1.165) is 0 Å². The number of halogens is 1. The van der Waals surface area contributed by atoms with Crippen LogP contribution in [0.4, 0.5) is 0 Å². The molecule has 0 aliphatic heterocycles. The first-order valence-corrected chi connectivity index (χ1v) is 6.53. The van der Waals surface area contributed by atoms with Gasteiger partial charge in [-0.15, -0.1) is 11.6 Å². The molecule has 0 spiro atoms. The molecule has 0 atom stereocenters. The molecule has 0 amide bonds. The molecule has 5 heteroatoms. The summed E-state index contributed by atoms with van der Waals surface area (Å²) in [4.78, 5) is 0.222. The van der Waals surface area contributed by atoms with Crippen molar-refractivity contribution >= 4 is 21.7 Å². The lowest BCUT2D eigenvalue weighted by Gasteiger charge is -2.06. The minimum Gasteiger partial charge on any atom is -0.266 e. The Balaban J connectivity index is 2.83. The van der Waals surface area contributed by atoms with Crippen LogP contribution in [0.15, 0.2) is 29.2 Å². The second-order valence-electron chi connectivity index (χ2n) is 3.08. The molecule has 0 saturated heterocycles. The average molecular weight is 249 g/mol. The van der Waals surface area contributed by atoms with Gasteiger partial charge in [-0.05, 0) is 25.0 Å². The molecule has 0 saturated carbocycles. The topological polar surface area (TPSA) is 43.4 Å². The van der Waals surface area contributed by atoms with E-state index in [9.17, 15) is 8.42 Å². The first-order chi connectivity index (χ1) is 7.08. The predicted octanol–water partition coefficient (Wildman–Crippen LogP) is 2.33. The zero-order valence-electron chi connectivity index (χ0n) is 8.44. The molecule has 0 fully saturated rings. The smallest absolute Gasteiger partial charge is 0.266 e.